The number of carbonyl (C=O) groups excluding carboxylic acids is 2. The Labute approximate surface area is 111 Å². The maximum absolute atomic E-state index is 11.9. The van der Waals surface area contributed by atoms with Crippen LogP contribution >= 0.6 is 11.8 Å². The first-order chi connectivity index (χ1) is 8.56. The minimum atomic E-state index is 0.0993. The minimum Gasteiger partial charge on any atom is -0.296 e. The predicted molar refractivity (Wildman–Crippen MR) is 72.6 cm³/mol. The van der Waals surface area contributed by atoms with Crippen molar-refractivity contribution in [2.24, 2.45) is 5.92 Å². The highest BCUT2D eigenvalue weighted by molar-refractivity contribution is 8.13. The molecule has 1 saturated heterocycles. The first kappa shape index (κ1) is 13.1. The van der Waals surface area contributed by atoms with E-state index >= 15 is 0 Å². The van der Waals surface area contributed by atoms with E-state index in [4.69, 9.17) is 0 Å². The molecule has 1 aliphatic rings. The van der Waals surface area contributed by atoms with Gasteiger partial charge < -0.3 is 0 Å². The van der Waals surface area contributed by atoms with Crippen LogP contribution in [0.5, 0.6) is 0 Å². The number of thioether (sulfide) groups is 1. The number of aromatic nitrogens is 1. The first-order valence-corrected chi connectivity index (χ1v) is 6.91. The van der Waals surface area contributed by atoms with Crippen LogP contribution in [0.3, 0.4) is 0 Å². The van der Waals surface area contributed by atoms with E-state index < -0.39 is 0 Å². The molecule has 1 amide bonds. The smallest absolute Gasteiger partial charge is 0.228 e. The average Bonchev–Trinajstić information content (AvgIpc) is 2.68. The molecule has 5 heteroatoms. The van der Waals surface area contributed by atoms with Gasteiger partial charge in [0.05, 0.1) is 0 Å². The van der Waals surface area contributed by atoms with Gasteiger partial charge >= 0.3 is 0 Å². The van der Waals surface area contributed by atoms with Gasteiger partial charge in [-0.15, -0.1) is 0 Å². The summed E-state index contributed by atoms with van der Waals surface area (Å²) in [6.07, 6.45) is 2.23. The molecule has 0 N–H and O–H groups in total. The molecular weight excluding hydrogens is 248 g/mol. The fourth-order valence-electron chi connectivity index (χ4n) is 2.02. The number of hydrogen-bond acceptors (Lipinski definition) is 4. The molecule has 0 spiro atoms. The lowest BCUT2D eigenvalue weighted by molar-refractivity contribution is -0.117. The minimum absolute atomic E-state index is 0.0993. The zero-order chi connectivity index (χ0) is 13.1. The van der Waals surface area contributed by atoms with Crippen molar-refractivity contribution in [1.82, 2.24) is 4.98 Å². The highest BCUT2D eigenvalue weighted by Gasteiger charge is 2.31. The van der Waals surface area contributed by atoms with Crippen LogP contribution in [0.1, 0.15) is 18.9 Å². The molecule has 1 unspecified atom stereocenters. The van der Waals surface area contributed by atoms with Gasteiger partial charge in [-0.05, 0) is 30.5 Å². The Morgan fingerprint density at radius 2 is 2.39 bits per heavy atom. The van der Waals surface area contributed by atoms with Crippen molar-refractivity contribution < 1.29 is 9.59 Å². The maximum Gasteiger partial charge on any atom is 0.228 e. The second-order valence-corrected chi connectivity index (χ2v) is 5.77. The third-order valence-electron chi connectivity index (χ3n) is 2.90. The monoisotopic (exact) mass is 264 g/mol. The molecule has 0 aliphatic carbocycles. The lowest BCUT2D eigenvalue weighted by Gasteiger charge is -2.15. The van der Waals surface area contributed by atoms with Gasteiger partial charge in [-0.1, -0.05) is 11.8 Å². The van der Waals surface area contributed by atoms with E-state index in [9.17, 15) is 9.59 Å². The molecule has 0 radical (unpaired) electrons. The Bertz CT molecular complexity index is 476. The van der Waals surface area contributed by atoms with Crippen molar-refractivity contribution in [1.29, 1.82) is 0 Å². The number of nitrogens with zero attached hydrogens (tertiary/aromatic N) is 2. The molecule has 2 heterocycles. The summed E-state index contributed by atoms with van der Waals surface area (Å²) in [5.74, 6) is 1.77. The zero-order valence-corrected chi connectivity index (χ0v) is 11.4. The van der Waals surface area contributed by atoms with E-state index in [1.54, 1.807) is 18.0 Å². The molecule has 1 atom stereocenters. The molecule has 18 heavy (non-hydrogen) atoms. The standard InChI is InChI=1S/C13H16N2O2S/c1-9-3-4-14-12(5-9)15-7-11(6-13(15)17)8-18-10(2)16/h3-5,11H,6-8H2,1-2H3. The summed E-state index contributed by atoms with van der Waals surface area (Å²) in [5, 5.41) is 0.106. The lowest BCUT2D eigenvalue weighted by atomic mass is 10.1. The molecule has 2 rings (SSSR count). The van der Waals surface area contributed by atoms with Crippen molar-refractivity contribution in [3.63, 3.8) is 0 Å². The highest BCUT2D eigenvalue weighted by Crippen LogP contribution is 2.26. The third kappa shape index (κ3) is 3.10. The van der Waals surface area contributed by atoms with Gasteiger partial charge in [-0.2, -0.15) is 0 Å². The van der Waals surface area contributed by atoms with Gasteiger partial charge in [-0.3, -0.25) is 14.5 Å². The first-order valence-electron chi connectivity index (χ1n) is 5.92. The topological polar surface area (TPSA) is 50.3 Å². The Kier molecular flexibility index (Phi) is 4.01. The molecular formula is C13H16N2O2S. The molecule has 1 aromatic heterocycles. The molecule has 1 aromatic rings. The highest BCUT2D eigenvalue weighted by atomic mass is 32.2. The average molecular weight is 264 g/mol. The van der Waals surface area contributed by atoms with Crippen LogP contribution in [0.15, 0.2) is 18.3 Å². The number of rotatable bonds is 3. The summed E-state index contributed by atoms with van der Waals surface area (Å²) < 4.78 is 0. The van der Waals surface area contributed by atoms with Crippen molar-refractivity contribution in [2.75, 3.05) is 17.2 Å². The van der Waals surface area contributed by atoms with Crippen LogP contribution < -0.4 is 4.90 Å². The second-order valence-electron chi connectivity index (χ2n) is 4.57. The largest absolute Gasteiger partial charge is 0.296 e. The van der Waals surface area contributed by atoms with E-state index in [-0.39, 0.29) is 16.9 Å². The van der Waals surface area contributed by atoms with Crippen LogP contribution in [0, 0.1) is 12.8 Å². The summed E-state index contributed by atoms with van der Waals surface area (Å²) in [6.45, 7) is 4.20. The number of anilines is 1. The van der Waals surface area contributed by atoms with E-state index in [0.717, 1.165) is 11.4 Å². The van der Waals surface area contributed by atoms with Gasteiger partial charge in [-0.25, -0.2) is 4.98 Å². The molecule has 0 bridgehead atoms. The molecule has 1 fully saturated rings. The fraction of sp³-hybridized carbons (Fsp3) is 0.462. The second kappa shape index (κ2) is 5.52. The molecule has 0 saturated carbocycles. The van der Waals surface area contributed by atoms with Crippen molar-refractivity contribution in [3.05, 3.63) is 23.9 Å². The Morgan fingerprint density at radius 1 is 1.61 bits per heavy atom. The van der Waals surface area contributed by atoms with Gasteiger partial charge in [0.25, 0.3) is 0 Å². The number of hydrogen-bond donors (Lipinski definition) is 0. The van der Waals surface area contributed by atoms with Crippen molar-refractivity contribution in [2.45, 2.75) is 20.3 Å². The number of pyridine rings is 1. The van der Waals surface area contributed by atoms with Crippen molar-refractivity contribution in [3.8, 4) is 0 Å². The van der Waals surface area contributed by atoms with E-state index in [0.29, 0.717) is 18.7 Å². The van der Waals surface area contributed by atoms with Crippen molar-refractivity contribution >= 4 is 28.6 Å². The Morgan fingerprint density at radius 3 is 3.06 bits per heavy atom. The summed E-state index contributed by atoms with van der Waals surface area (Å²) in [6, 6.07) is 3.82. The lowest BCUT2D eigenvalue weighted by Crippen LogP contribution is -2.25. The quantitative estimate of drug-likeness (QED) is 0.838. The zero-order valence-electron chi connectivity index (χ0n) is 10.5. The molecule has 96 valence electrons. The summed E-state index contributed by atoms with van der Waals surface area (Å²) >= 11 is 1.29. The number of carbonyl (C=O) groups is 2. The SMILES string of the molecule is CC(=O)SCC1CC(=O)N(c2cc(C)ccn2)C1. The summed E-state index contributed by atoms with van der Waals surface area (Å²) in [7, 11) is 0. The number of amides is 1. The van der Waals surface area contributed by atoms with Gasteiger partial charge in [0.2, 0.25) is 5.91 Å². The summed E-state index contributed by atoms with van der Waals surface area (Å²) in [4.78, 5) is 28.8. The van der Waals surface area contributed by atoms with E-state index in [1.807, 2.05) is 19.1 Å². The van der Waals surface area contributed by atoms with Crippen LogP contribution in [0.25, 0.3) is 0 Å². The van der Waals surface area contributed by atoms with E-state index in [2.05, 4.69) is 4.98 Å². The van der Waals surface area contributed by atoms with Gasteiger partial charge in [0, 0.05) is 31.8 Å². The molecule has 1 aliphatic heterocycles. The van der Waals surface area contributed by atoms with Gasteiger partial charge in [0.1, 0.15) is 5.82 Å². The number of aryl methyl sites for hydroxylation is 1. The third-order valence-corrected chi connectivity index (χ3v) is 3.95. The van der Waals surface area contributed by atoms with Crippen LogP contribution in [-0.2, 0) is 9.59 Å². The molecule has 0 aromatic carbocycles. The normalized spacial score (nSPS) is 19.3. The van der Waals surface area contributed by atoms with Crippen LogP contribution in [0.2, 0.25) is 0 Å². The predicted octanol–water partition coefficient (Wildman–Crippen LogP) is 2.02. The Hall–Kier alpha value is -1.36. The van der Waals surface area contributed by atoms with Crippen LogP contribution in [0.4, 0.5) is 5.82 Å². The summed E-state index contributed by atoms with van der Waals surface area (Å²) in [5.41, 5.74) is 1.09. The Balaban J connectivity index is 2.03. The fourth-order valence-corrected chi connectivity index (χ4v) is 2.71. The van der Waals surface area contributed by atoms with E-state index in [1.165, 1.54) is 11.8 Å². The van der Waals surface area contributed by atoms with Crippen LogP contribution in [-0.4, -0.2) is 28.3 Å². The molecule has 4 nitrogen and oxygen atoms in total. The maximum atomic E-state index is 11.9. The van der Waals surface area contributed by atoms with Gasteiger partial charge in [0.15, 0.2) is 5.12 Å².